The van der Waals surface area contributed by atoms with Gasteiger partial charge in [-0.1, -0.05) is 54.6 Å². The van der Waals surface area contributed by atoms with Crippen LogP contribution >= 0.6 is 8.53 Å². The van der Waals surface area contributed by atoms with Gasteiger partial charge in [-0.3, -0.25) is 14.3 Å². The molecule has 4 unspecified atom stereocenters. The highest BCUT2D eigenvalue weighted by Gasteiger charge is 2.45. The van der Waals surface area contributed by atoms with E-state index in [1.54, 1.807) is 21.1 Å². The van der Waals surface area contributed by atoms with Gasteiger partial charge < -0.3 is 37.8 Å². The van der Waals surface area contributed by atoms with E-state index in [0.29, 0.717) is 17.1 Å². The summed E-state index contributed by atoms with van der Waals surface area (Å²) in [6, 6.07) is 25.6. The summed E-state index contributed by atoms with van der Waals surface area (Å²) in [4.78, 5) is 27.9. The third-order valence-corrected chi connectivity index (χ3v) is 11.6. The minimum absolute atomic E-state index is 0.0390. The molecule has 0 amide bonds. The second kappa shape index (κ2) is 19.8. The summed E-state index contributed by atoms with van der Waals surface area (Å²) in [6.45, 7) is 10.7. The Hall–Kier alpha value is -3.91. The predicted molar refractivity (Wildman–Crippen MR) is 211 cm³/mol. The van der Waals surface area contributed by atoms with Crippen molar-refractivity contribution in [3.8, 4) is 11.5 Å². The van der Waals surface area contributed by atoms with Crippen molar-refractivity contribution in [2.24, 2.45) is 0 Å². The summed E-state index contributed by atoms with van der Waals surface area (Å²) in [5.74, 6) is 1.40. The molecule has 4 atom stereocenters. The summed E-state index contributed by atoms with van der Waals surface area (Å²) in [5, 5.41) is 9.20. The molecule has 2 heterocycles. The van der Waals surface area contributed by atoms with E-state index in [1.165, 1.54) is 10.8 Å². The average Bonchev–Trinajstić information content (AvgIpc) is 3.58. The standard InChI is InChI=1S/C41H54N3O10P/c1-28(2)44(29(3)4)55(52-24-23-50-22-21-45)54-36-25-38(43-26-30(5)39(46)42-40(43)47)53-37(36)27-51-41(31-11-9-8-10-12-31,32-13-17-34(48-6)18-14-32)33-15-19-35(49-7)20-16-33/h8-20,26,28-29,36-38,45H,21-25,27H2,1-7H3,(H,42,46,47). The Balaban J connectivity index is 1.58. The van der Waals surface area contributed by atoms with Gasteiger partial charge in [-0.05, 0) is 75.6 Å². The van der Waals surface area contributed by atoms with Crippen molar-refractivity contribution in [1.29, 1.82) is 0 Å². The third-order valence-electron chi connectivity index (χ3n) is 9.41. The minimum atomic E-state index is -1.67. The molecule has 1 saturated heterocycles. The molecule has 2 N–H and O–H groups in total. The van der Waals surface area contributed by atoms with Gasteiger partial charge in [0.1, 0.15) is 29.4 Å². The monoisotopic (exact) mass is 779 g/mol. The molecule has 0 aliphatic carbocycles. The number of aromatic amines is 1. The van der Waals surface area contributed by atoms with Gasteiger partial charge in [-0.25, -0.2) is 9.46 Å². The van der Waals surface area contributed by atoms with E-state index in [4.69, 9.17) is 32.7 Å². The molecule has 3 aromatic carbocycles. The molecule has 1 aliphatic heterocycles. The van der Waals surface area contributed by atoms with E-state index in [-0.39, 0.29) is 51.5 Å². The lowest BCUT2D eigenvalue weighted by atomic mass is 9.80. The summed E-state index contributed by atoms with van der Waals surface area (Å²) >= 11 is 0. The number of aromatic nitrogens is 2. The van der Waals surface area contributed by atoms with Crippen molar-refractivity contribution in [1.82, 2.24) is 14.2 Å². The number of aliphatic hydroxyl groups is 1. The first-order chi connectivity index (χ1) is 26.5. The second-order valence-corrected chi connectivity index (χ2v) is 15.2. The van der Waals surface area contributed by atoms with Gasteiger partial charge in [0, 0.05) is 30.3 Å². The Bertz CT molecular complexity index is 1830. The van der Waals surface area contributed by atoms with Crippen molar-refractivity contribution >= 4 is 8.53 Å². The van der Waals surface area contributed by atoms with Crippen LogP contribution in [0.3, 0.4) is 0 Å². The molecule has 0 radical (unpaired) electrons. The van der Waals surface area contributed by atoms with Crippen LogP contribution in [0.4, 0.5) is 0 Å². The summed E-state index contributed by atoms with van der Waals surface area (Å²) in [7, 11) is 1.59. The fourth-order valence-electron chi connectivity index (χ4n) is 6.80. The van der Waals surface area contributed by atoms with Crippen molar-refractivity contribution < 1.29 is 37.8 Å². The number of nitrogens with one attached hydrogen (secondary N) is 1. The normalized spacial score (nSPS) is 18.0. The lowest BCUT2D eigenvalue weighted by molar-refractivity contribution is -0.0927. The number of hydrogen-bond donors (Lipinski definition) is 2. The minimum Gasteiger partial charge on any atom is -0.497 e. The molecule has 1 fully saturated rings. The van der Waals surface area contributed by atoms with Crippen molar-refractivity contribution in [2.45, 2.75) is 77.2 Å². The molecule has 0 bridgehead atoms. The Kier molecular flexibility index (Phi) is 15.2. The van der Waals surface area contributed by atoms with Crippen LogP contribution in [0.1, 0.15) is 62.6 Å². The highest BCUT2D eigenvalue weighted by molar-refractivity contribution is 7.44. The second-order valence-electron chi connectivity index (χ2n) is 13.8. The van der Waals surface area contributed by atoms with E-state index in [9.17, 15) is 14.7 Å². The van der Waals surface area contributed by atoms with Crippen LogP contribution in [-0.4, -0.2) is 90.9 Å². The highest BCUT2D eigenvalue weighted by Crippen LogP contribution is 2.50. The van der Waals surface area contributed by atoms with Crippen LogP contribution in [0, 0.1) is 6.92 Å². The van der Waals surface area contributed by atoms with Gasteiger partial charge in [0.05, 0.1) is 53.4 Å². The summed E-state index contributed by atoms with van der Waals surface area (Å²) < 4.78 is 47.4. The van der Waals surface area contributed by atoms with Crippen molar-refractivity contribution in [3.63, 3.8) is 0 Å². The molecule has 13 nitrogen and oxygen atoms in total. The summed E-state index contributed by atoms with van der Waals surface area (Å²) in [5.41, 5.74) is 0.785. The van der Waals surface area contributed by atoms with E-state index in [0.717, 1.165) is 16.7 Å². The first-order valence-corrected chi connectivity index (χ1v) is 19.7. The molecule has 298 valence electrons. The first-order valence-electron chi connectivity index (χ1n) is 18.5. The number of aliphatic hydroxyl groups excluding tert-OH is 1. The molecule has 0 saturated carbocycles. The Morgan fingerprint density at radius 2 is 1.45 bits per heavy atom. The first kappa shape index (κ1) is 42.2. The van der Waals surface area contributed by atoms with Gasteiger partial charge in [0.25, 0.3) is 14.1 Å². The predicted octanol–water partition coefficient (Wildman–Crippen LogP) is 5.91. The molecule has 1 aliphatic rings. The number of nitrogens with zero attached hydrogens (tertiary/aromatic N) is 2. The molecule has 5 rings (SSSR count). The highest BCUT2D eigenvalue weighted by atomic mass is 31.2. The zero-order valence-corrected chi connectivity index (χ0v) is 33.6. The molecule has 55 heavy (non-hydrogen) atoms. The van der Waals surface area contributed by atoms with Gasteiger partial charge >= 0.3 is 5.69 Å². The summed E-state index contributed by atoms with van der Waals surface area (Å²) in [6.07, 6.45) is -0.277. The molecule has 0 spiro atoms. The fourth-order valence-corrected chi connectivity index (χ4v) is 8.54. The maximum atomic E-state index is 13.2. The van der Waals surface area contributed by atoms with Crippen LogP contribution in [0.2, 0.25) is 0 Å². The molecule has 1 aromatic heterocycles. The average molecular weight is 780 g/mol. The SMILES string of the molecule is COc1ccc(C(OCC2OC(n3cc(C)c(=O)[nH]c3=O)CC2OP(OCCOCCO)N(C(C)C)C(C)C)(c2ccccc2)c2ccc(OC)cc2)cc1. The quantitative estimate of drug-likeness (QED) is 0.0628. The maximum Gasteiger partial charge on any atom is 0.330 e. The zero-order valence-electron chi connectivity index (χ0n) is 32.7. The zero-order chi connectivity index (χ0) is 39.5. The van der Waals surface area contributed by atoms with E-state index < -0.39 is 43.8 Å². The number of methoxy groups -OCH3 is 2. The smallest absolute Gasteiger partial charge is 0.330 e. The van der Waals surface area contributed by atoms with Crippen LogP contribution < -0.4 is 20.7 Å². The molecular formula is C41H54N3O10P. The Morgan fingerprint density at radius 1 is 0.873 bits per heavy atom. The van der Waals surface area contributed by atoms with Gasteiger partial charge in [-0.2, -0.15) is 0 Å². The van der Waals surface area contributed by atoms with Gasteiger partial charge in [0.15, 0.2) is 0 Å². The van der Waals surface area contributed by atoms with Gasteiger partial charge in [-0.15, -0.1) is 0 Å². The van der Waals surface area contributed by atoms with Crippen molar-refractivity contribution in [2.75, 3.05) is 47.3 Å². The largest absolute Gasteiger partial charge is 0.497 e. The Morgan fingerprint density at radius 3 is 2.00 bits per heavy atom. The number of H-pyrrole nitrogens is 1. The van der Waals surface area contributed by atoms with Crippen LogP contribution in [0.15, 0.2) is 94.6 Å². The lowest BCUT2D eigenvalue weighted by Crippen LogP contribution is -2.39. The van der Waals surface area contributed by atoms with Gasteiger partial charge in [0.2, 0.25) is 0 Å². The number of benzene rings is 3. The number of ether oxygens (including phenoxy) is 5. The van der Waals surface area contributed by atoms with Crippen LogP contribution in [-0.2, 0) is 28.9 Å². The number of hydrogen-bond acceptors (Lipinski definition) is 11. The Labute approximate surface area is 324 Å². The lowest BCUT2D eigenvalue weighted by Gasteiger charge is -2.39. The third kappa shape index (κ3) is 10.1. The van der Waals surface area contributed by atoms with E-state index >= 15 is 0 Å². The van der Waals surface area contributed by atoms with Crippen molar-refractivity contribution in [3.05, 3.63) is 128 Å². The van der Waals surface area contributed by atoms with E-state index in [1.807, 2.05) is 78.9 Å². The topological polar surface area (TPSA) is 143 Å². The van der Waals surface area contributed by atoms with E-state index in [2.05, 4.69) is 37.3 Å². The maximum absolute atomic E-state index is 13.2. The van der Waals surface area contributed by atoms with Crippen LogP contribution in [0.5, 0.6) is 11.5 Å². The number of rotatable bonds is 20. The molecular weight excluding hydrogens is 725 g/mol. The molecule has 4 aromatic rings. The molecule has 14 heteroatoms. The fraction of sp³-hybridized carbons (Fsp3) is 0.463. The number of aryl methyl sites for hydroxylation is 1. The van der Waals surface area contributed by atoms with Crippen LogP contribution in [0.25, 0.3) is 0 Å².